The SMILES string of the molecule is Cc1cc(Br)ccc1NC(=O)CSc1nnc2cc(C)c3ccccc3n12. The maximum atomic E-state index is 12.4. The molecule has 4 rings (SSSR count). The number of anilines is 1. The van der Waals surface area contributed by atoms with E-state index in [1.165, 1.54) is 11.8 Å². The first kappa shape index (κ1) is 18.0. The Labute approximate surface area is 169 Å². The summed E-state index contributed by atoms with van der Waals surface area (Å²) in [5.74, 6) is 0.192. The number of amides is 1. The topological polar surface area (TPSA) is 59.3 Å². The van der Waals surface area contributed by atoms with E-state index in [1.807, 2.05) is 53.8 Å². The van der Waals surface area contributed by atoms with Crippen molar-refractivity contribution in [2.75, 3.05) is 11.1 Å². The van der Waals surface area contributed by atoms with Gasteiger partial charge in [-0.1, -0.05) is 45.9 Å². The van der Waals surface area contributed by atoms with E-state index in [4.69, 9.17) is 0 Å². The molecule has 0 aliphatic rings. The number of nitrogens with zero attached hydrogens (tertiary/aromatic N) is 3. The smallest absolute Gasteiger partial charge is 0.234 e. The van der Waals surface area contributed by atoms with Gasteiger partial charge in [0.25, 0.3) is 0 Å². The fourth-order valence-corrected chi connectivity index (χ4v) is 4.28. The number of carbonyl (C=O) groups excluding carboxylic acids is 1. The van der Waals surface area contributed by atoms with Gasteiger partial charge < -0.3 is 5.32 Å². The van der Waals surface area contributed by atoms with Crippen LogP contribution in [0.15, 0.2) is 58.2 Å². The molecule has 4 aromatic rings. The van der Waals surface area contributed by atoms with E-state index < -0.39 is 0 Å². The molecular weight excluding hydrogens is 424 g/mol. The van der Waals surface area contributed by atoms with Gasteiger partial charge in [-0.3, -0.25) is 9.20 Å². The van der Waals surface area contributed by atoms with Gasteiger partial charge in [0.15, 0.2) is 10.8 Å². The molecular formula is C20H17BrN4OS. The molecule has 27 heavy (non-hydrogen) atoms. The highest BCUT2D eigenvalue weighted by molar-refractivity contribution is 9.10. The van der Waals surface area contributed by atoms with Crippen molar-refractivity contribution >= 4 is 55.8 Å². The third-order valence-corrected chi connectivity index (χ3v) is 5.79. The van der Waals surface area contributed by atoms with Gasteiger partial charge in [0.05, 0.1) is 11.3 Å². The van der Waals surface area contributed by atoms with E-state index in [1.54, 1.807) is 0 Å². The number of hydrogen-bond acceptors (Lipinski definition) is 4. The molecule has 0 spiro atoms. The molecule has 2 heterocycles. The molecule has 0 unspecified atom stereocenters. The standard InChI is InChI=1S/C20H17BrN4OS/c1-12-10-18-23-24-20(25(18)17-6-4-3-5-15(12)17)27-11-19(26)22-16-8-7-14(21)9-13(16)2/h3-10H,11H2,1-2H3,(H,22,26). The summed E-state index contributed by atoms with van der Waals surface area (Å²) >= 11 is 4.81. The highest BCUT2D eigenvalue weighted by Gasteiger charge is 2.13. The van der Waals surface area contributed by atoms with Crippen LogP contribution in [0.25, 0.3) is 16.6 Å². The summed E-state index contributed by atoms with van der Waals surface area (Å²) in [6.07, 6.45) is 0. The third-order valence-electron chi connectivity index (χ3n) is 4.37. The average Bonchev–Trinajstić information content (AvgIpc) is 3.05. The Morgan fingerprint density at radius 2 is 1.93 bits per heavy atom. The van der Waals surface area contributed by atoms with Crippen LogP contribution >= 0.6 is 27.7 Å². The number of pyridine rings is 1. The molecule has 0 saturated heterocycles. The zero-order valence-corrected chi connectivity index (χ0v) is 17.3. The Hall–Kier alpha value is -2.38. The van der Waals surface area contributed by atoms with Crippen LogP contribution in [0.3, 0.4) is 0 Å². The Morgan fingerprint density at radius 3 is 2.74 bits per heavy atom. The van der Waals surface area contributed by atoms with Crippen LogP contribution in [-0.4, -0.2) is 26.3 Å². The van der Waals surface area contributed by atoms with Gasteiger partial charge in [-0.25, -0.2) is 0 Å². The number of aryl methyl sites for hydroxylation is 2. The number of thioether (sulfide) groups is 1. The van der Waals surface area contributed by atoms with Gasteiger partial charge in [0.2, 0.25) is 5.91 Å². The monoisotopic (exact) mass is 440 g/mol. The van der Waals surface area contributed by atoms with Crippen molar-refractivity contribution in [3.63, 3.8) is 0 Å². The number of halogens is 1. The lowest BCUT2D eigenvalue weighted by Gasteiger charge is -2.09. The molecule has 0 aliphatic carbocycles. The maximum absolute atomic E-state index is 12.4. The quantitative estimate of drug-likeness (QED) is 0.454. The van der Waals surface area contributed by atoms with Gasteiger partial charge >= 0.3 is 0 Å². The minimum absolute atomic E-state index is 0.0708. The predicted octanol–water partition coefficient (Wildman–Crippen LogP) is 4.99. The second-order valence-electron chi connectivity index (χ2n) is 6.32. The number of carbonyl (C=O) groups is 1. The van der Waals surface area contributed by atoms with Crippen LogP contribution in [0.4, 0.5) is 5.69 Å². The fraction of sp³-hybridized carbons (Fsp3) is 0.150. The van der Waals surface area contributed by atoms with Crippen LogP contribution in [0.2, 0.25) is 0 Å². The van der Waals surface area contributed by atoms with Crippen molar-refractivity contribution < 1.29 is 4.79 Å². The number of nitrogens with one attached hydrogen (secondary N) is 1. The molecule has 0 radical (unpaired) electrons. The Kier molecular flexibility index (Phi) is 4.88. The second-order valence-corrected chi connectivity index (χ2v) is 8.17. The van der Waals surface area contributed by atoms with Crippen molar-refractivity contribution in [3.05, 3.63) is 64.1 Å². The van der Waals surface area contributed by atoms with E-state index in [0.717, 1.165) is 37.8 Å². The highest BCUT2D eigenvalue weighted by atomic mass is 79.9. The summed E-state index contributed by atoms with van der Waals surface area (Å²) in [4.78, 5) is 12.4. The first-order valence-electron chi connectivity index (χ1n) is 8.45. The maximum Gasteiger partial charge on any atom is 0.234 e. The molecule has 0 saturated carbocycles. The zero-order valence-electron chi connectivity index (χ0n) is 14.9. The zero-order chi connectivity index (χ0) is 19.0. The average molecular weight is 441 g/mol. The van der Waals surface area contributed by atoms with Gasteiger partial charge in [0, 0.05) is 15.5 Å². The molecule has 136 valence electrons. The Bertz CT molecular complexity index is 1170. The van der Waals surface area contributed by atoms with Crippen LogP contribution in [0.1, 0.15) is 11.1 Å². The largest absolute Gasteiger partial charge is 0.325 e. The number of rotatable bonds is 4. The highest BCUT2D eigenvalue weighted by Crippen LogP contribution is 2.26. The molecule has 0 aliphatic heterocycles. The Balaban J connectivity index is 1.57. The van der Waals surface area contributed by atoms with Crippen molar-refractivity contribution in [3.8, 4) is 0 Å². The molecule has 5 nitrogen and oxygen atoms in total. The fourth-order valence-electron chi connectivity index (χ4n) is 3.05. The molecule has 1 amide bonds. The second kappa shape index (κ2) is 7.32. The van der Waals surface area contributed by atoms with Gasteiger partial charge in [-0.05, 0) is 55.3 Å². The van der Waals surface area contributed by atoms with Crippen LogP contribution < -0.4 is 5.32 Å². The molecule has 0 atom stereocenters. The molecule has 1 N–H and O–H groups in total. The van der Waals surface area contributed by atoms with Crippen LogP contribution in [0.5, 0.6) is 0 Å². The van der Waals surface area contributed by atoms with E-state index in [-0.39, 0.29) is 11.7 Å². The lowest BCUT2D eigenvalue weighted by atomic mass is 10.1. The van der Waals surface area contributed by atoms with E-state index in [9.17, 15) is 4.79 Å². The van der Waals surface area contributed by atoms with E-state index >= 15 is 0 Å². The lowest BCUT2D eigenvalue weighted by molar-refractivity contribution is -0.113. The number of para-hydroxylation sites is 1. The van der Waals surface area contributed by atoms with E-state index in [0.29, 0.717) is 5.16 Å². The number of benzene rings is 2. The molecule has 2 aromatic heterocycles. The summed E-state index contributed by atoms with van der Waals surface area (Å²) in [5.41, 5.74) is 4.82. The lowest BCUT2D eigenvalue weighted by Crippen LogP contribution is -2.15. The van der Waals surface area contributed by atoms with Crippen molar-refractivity contribution in [1.82, 2.24) is 14.6 Å². The normalized spacial score (nSPS) is 11.2. The predicted molar refractivity (Wildman–Crippen MR) is 113 cm³/mol. The van der Waals surface area contributed by atoms with Crippen molar-refractivity contribution in [2.24, 2.45) is 0 Å². The minimum atomic E-state index is -0.0708. The molecule has 0 bridgehead atoms. The van der Waals surface area contributed by atoms with Crippen LogP contribution in [-0.2, 0) is 4.79 Å². The van der Waals surface area contributed by atoms with Gasteiger partial charge in [-0.15, -0.1) is 10.2 Å². The summed E-state index contributed by atoms with van der Waals surface area (Å²) in [7, 11) is 0. The van der Waals surface area contributed by atoms with Gasteiger partial charge in [0.1, 0.15) is 0 Å². The summed E-state index contributed by atoms with van der Waals surface area (Å²) in [6.45, 7) is 4.03. The first-order chi connectivity index (χ1) is 13.0. The minimum Gasteiger partial charge on any atom is -0.325 e. The third kappa shape index (κ3) is 3.57. The van der Waals surface area contributed by atoms with E-state index in [2.05, 4.69) is 44.4 Å². The van der Waals surface area contributed by atoms with Crippen molar-refractivity contribution in [2.45, 2.75) is 19.0 Å². The molecule has 2 aromatic carbocycles. The number of aromatic nitrogens is 3. The summed E-state index contributed by atoms with van der Waals surface area (Å²) < 4.78 is 3.00. The first-order valence-corrected chi connectivity index (χ1v) is 10.2. The summed E-state index contributed by atoms with van der Waals surface area (Å²) in [6, 6.07) is 16.0. The van der Waals surface area contributed by atoms with Crippen LogP contribution in [0, 0.1) is 13.8 Å². The van der Waals surface area contributed by atoms with Crippen molar-refractivity contribution in [1.29, 1.82) is 0 Å². The summed E-state index contributed by atoms with van der Waals surface area (Å²) in [5, 5.41) is 13.4. The Morgan fingerprint density at radius 1 is 1.11 bits per heavy atom. The number of hydrogen-bond donors (Lipinski definition) is 1. The van der Waals surface area contributed by atoms with Gasteiger partial charge in [-0.2, -0.15) is 0 Å². The molecule has 0 fully saturated rings. The molecule has 7 heteroatoms. The number of fused-ring (bicyclic) bond motifs is 3.